The van der Waals surface area contributed by atoms with Gasteiger partial charge in [0.05, 0.1) is 5.60 Å². The molecule has 230 valence electrons. The molecule has 0 aromatic rings. The van der Waals surface area contributed by atoms with E-state index in [1.54, 1.807) is 5.57 Å². The minimum atomic E-state index is -1.75. The first kappa shape index (κ1) is 34.1. The zero-order valence-corrected chi connectivity index (χ0v) is 30.8. The van der Waals surface area contributed by atoms with Crippen LogP contribution in [0.15, 0.2) is 35.5 Å². The van der Waals surface area contributed by atoms with E-state index in [4.69, 9.17) is 8.85 Å². The van der Waals surface area contributed by atoms with Gasteiger partial charge in [-0.25, -0.2) is 0 Å². The summed E-state index contributed by atoms with van der Waals surface area (Å²) in [6.45, 7) is 33.0. The summed E-state index contributed by atoms with van der Waals surface area (Å²) in [7, 11) is -3.26. The van der Waals surface area contributed by atoms with Crippen molar-refractivity contribution < 1.29 is 8.85 Å². The fraction of sp³-hybridized carbons (Fsp3) is 0.833. The van der Waals surface area contributed by atoms with Crippen LogP contribution < -0.4 is 0 Å². The van der Waals surface area contributed by atoms with E-state index in [-0.39, 0.29) is 10.6 Å². The SMILES string of the molecule is C=C1CC[C@H](O[Si](C)(C)C(C)(C)C)C/C1=C\C=C1/CCC[C@]2(C)[C@@H]([C@@H](C)CCCC(C)(C)O[Si](C)(C)C)CC[C@@H]12. The van der Waals surface area contributed by atoms with Crippen molar-refractivity contribution in [3.63, 3.8) is 0 Å². The molecule has 3 rings (SSSR count). The highest BCUT2D eigenvalue weighted by Gasteiger charge is 2.50. The predicted octanol–water partition coefficient (Wildman–Crippen LogP) is 11.6. The van der Waals surface area contributed by atoms with Gasteiger partial charge in [0, 0.05) is 6.10 Å². The largest absolute Gasteiger partial charge is 0.414 e. The smallest absolute Gasteiger partial charge is 0.192 e. The van der Waals surface area contributed by atoms with Crippen molar-refractivity contribution in [2.75, 3.05) is 0 Å². The average molecular weight is 587 g/mol. The molecular weight excluding hydrogens is 521 g/mol. The van der Waals surface area contributed by atoms with Crippen molar-refractivity contribution in [3.8, 4) is 0 Å². The van der Waals surface area contributed by atoms with Gasteiger partial charge in [-0.3, -0.25) is 0 Å². The maximum absolute atomic E-state index is 6.85. The Kier molecular flexibility index (Phi) is 10.8. The first-order chi connectivity index (χ1) is 18.2. The zero-order valence-electron chi connectivity index (χ0n) is 28.8. The Morgan fingerprint density at radius 3 is 2.30 bits per heavy atom. The molecule has 3 fully saturated rings. The van der Waals surface area contributed by atoms with Crippen LogP contribution in [-0.4, -0.2) is 28.3 Å². The van der Waals surface area contributed by atoms with E-state index >= 15 is 0 Å². The molecule has 0 unspecified atom stereocenters. The molecule has 2 nitrogen and oxygen atoms in total. The highest BCUT2D eigenvalue weighted by atomic mass is 28.4. The quantitative estimate of drug-likeness (QED) is 0.237. The Hall–Kier alpha value is -0.426. The van der Waals surface area contributed by atoms with E-state index in [1.807, 2.05) is 0 Å². The normalized spacial score (nSPS) is 31.6. The fourth-order valence-corrected chi connectivity index (χ4v) is 11.4. The molecule has 0 radical (unpaired) electrons. The van der Waals surface area contributed by atoms with Gasteiger partial charge in [0.25, 0.3) is 0 Å². The van der Waals surface area contributed by atoms with Crippen molar-refractivity contribution in [2.24, 2.45) is 23.2 Å². The molecule has 0 heterocycles. The monoisotopic (exact) mass is 586 g/mol. The second-order valence-corrected chi connectivity index (χ2v) is 26.4. The van der Waals surface area contributed by atoms with Crippen molar-refractivity contribution in [1.82, 2.24) is 0 Å². The predicted molar refractivity (Wildman–Crippen MR) is 181 cm³/mol. The maximum Gasteiger partial charge on any atom is 0.192 e. The second kappa shape index (κ2) is 12.7. The molecule has 3 saturated carbocycles. The van der Waals surface area contributed by atoms with Crippen molar-refractivity contribution in [3.05, 3.63) is 35.5 Å². The molecule has 3 aliphatic rings. The minimum Gasteiger partial charge on any atom is -0.414 e. The van der Waals surface area contributed by atoms with Crippen molar-refractivity contribution in [1.29, 1.82) is 0 Å². The summed E-state index contributed by atoms with van der Waals surface area (Å²) in [5, 5.41) is 0.258. The second-order valence-electron chi connectivity index (χ2n) is 17.2. The van der Waals surface area contributed by atoms with Gasteiger partial charge >= 0.3 is 0 Å². The van der Waals surface area contributed by atoms with Gasteiger partial charge in [-0.2, -0.15) is 0 Å². The molecule has 0 aromatic heterocycles. The third-order valence-corrected chi connectivity index (χ3v) is 16.9. The summed E-state index contributed by atoms with van der Waals surface area (Å²) in [6.07, 6.45) is 19.2. The van der Waals surface area contributed by atoms with Gasteiger partial charge < -0.3 is 8.85 Å². The standard InChI is InChI=1S/C36H66O2Si2/c1-27-18-21-31(37-40(12,13)34(3,4)5)26-30(27)20-19-29-17-15-25-36(8)32(22-23-33(29)36)28(2)16-14-24-35(6,7)38-39(9,10)11/h19-20,28,31-33H,1,14-18,21-26H2,2-13H3/b29-19+,30-20+/t28-,31-,32+,33-,36+/m0/s1. The van der Waals surface area contributed by atoms with Crippen LogP contribution in [0.3, 0.4) is 0 Å². The van der Waals surface area contributed by atoms with Crippen LogP contribution in [-0.2, 0) is 8.85 Å². The van der Waals surface area contributed by atoms with Crippen molar-refractivity contribution in [2.45, 2.75) is 169 Å². The number of hydrogen-bond acceptors (Lipinski definition) is 2. The van der Waals surface area contributed by atoms with E-state index in [2.05, 4.69) is 99.9 Å². The van der Waals surface area contributed by atoms with Gasteiger partial charge in [-0.1, -0.05) is 77.3 Å². The van der Waals surface area contributed by atoms with Crippen molar-refractivity contribution >= 4 is 16.6 Å². The Morgan fingerprint density at radius 1 is 1.00 bits per heavy atom. The molecule has 0 saturated heterocycles. The average Bonchev–Trinajstić information content (AvgIpc) is 3.14. The van der Waals surface area contributed by atoms with Crippen LogP contribution in [0.25, 0.3) is 0 Å². The van der Waals surface area contributed by atoms with E-state index in [0.717, 1.165) is 37.0 Å². The molecule has 0 aliphatic heterocycles. The molecule has 5 atom stereocenters. The lowest BCUT2D eigenvalue weighted by Crippen LogP contribution is -2.44. The zero-order chi connectivity index (χ0) is 30.1. The topological polar surface area (TPSA) is 18.5 Å². The summed E-state index contributed by atoms with van der Waals surface area (Å²) < 4.78 is 13.3. The van der Waals surface area contributed by atoms with E-state index < -0.39 is 16.6 Å². The molecular formula is C36H66O2Si2. The van der Waals surface area contributed by atoms with Gasteiger partial charge in [0.1, 0.15) is 0 Å². The van der Waals surface area contributed by atoms with Crippen LogP contribution in [0, 0.1) is 23.2 Å². The van der Waals surface area contributed by atoms with Crippen LogP contribution >= 0.6 is 0 Å². The summed E-state index contributed by atoms with van der Waals surface area (Å²) in [4.78, 5) is 0. The Morgan fingerprint density at radius 2 is 1.68 bits per heavy atom. The molecule has 40 heavy (non-hydrogen) atoms. The highest BCUT2D eigenvalue weighted by Crippen LogP contribution is 2.60. The van der Waals surface area contributed by atoms with Gasteiger partial charge in [0.15, 0.2) is 16.6 Å². The molecule has 3 aliphatic carbocycles. The lowest BCUT2D eigenvalue weighted by Gasteiger charge is -2.44. The highest BCUT2D eigenvalue weighted by molar-refractivity contribution is 6.74. The summed E-state index contributed by atoms with van der Waals surface area (Å²) >= 11 is 0. The number of allylic oxidation sites excluding steroid dienone is 4. The van der Waals surface area contributed by atoms with Gasteiger partial charge in [-0.05, 0) is 138 Å². The van der Waals surface area contributed by atoms with E-state index in [1.165, 1.54) is 62.5 Å². The maximum atomic E-state index is 6.85. The molecule has 0 amide bonds. The fourth-order valence-electron chi connectivity index (χ4n) is 8.22. The molecule has 0 bridgehead atoms. The number of rotatable bonds is 10. The Balaban J connectivity index is 1.65. The number of fused-ring (bicyclic) bond motifs is 1. The third-order valence-electron chi connectivity index (χ3n) is 11.2. The van der Waals surface area contributed by atoms with E-state index in [9.17, 15) is 0 Å². The molecule has 0 spiro atoms. The molecule has 0 N–H and O–H groups in total. The summed E-state index contributed by atoms with van der Waals surface area (Å²) in [5.74, 6) is 2.40. The third kappa shape index (κ3) is 8.57. The lowest BCUT2D eigenvalue weighted by molar-refractivity contribution is 0.0735. The Bertz CT molecular complexity index is 945. The minimum absolute atomic E-state index is 0.0123. The molecule has 0 aromatic carbocycles. The van der Waals surface area contributed by atoms with Crippen LogP contribution in [0.1, 0.15) is 119 Å². The summed E-state index contributed by atoms with van der Waals surface area (Å²) in [5.41, 5.74) is 4.98. The summed E-state index contributed by atoms with van der Waals surface area (Å²) in [6, 6.07) is 0. The first-order valence-electron chi connectivity index (χ1n) is 16.7. The van der Waals surface area contributed by atoms with Crippen LogP contribution in [0.4, 0.5) is 0 Å². The number of hydrogen-bond donors (Lipinski definition) is 0. The van der Waals surface area contributed by atoms with Crippen LogP contribution in [0.5, 0.6) is 0 Å². The first-order valence-corrected chi connectivity index (χ1v) is 23.0. The van der Waals surface area contributed by atoms with Gasteiger partial charge in [0.2, 0.25) is 0 Å². The van der Waals surface area contributed by atoms with E-state index in [0.29, 0.717) is 11.5 Å². The lowest BCUT2D eigenvalue weighted by atomic mass is 9.60. The van der Waals surface area contributed by atoms with Crippen LogP contribution in [0.2, 0.25) is 37.8 Å². The Labute approximate surface area is 252 Å². The van der Waals surface area contributed by atoms with Gasteiger partial charge in [-0.15, -0.1) is 0 Å². The molecule has 4 heteroatoms.